The van der Waals surface area contributed by atoms with Crippen LogP contribution in [-0.4, -0.2) is 23.3 Å². The number of halogens is 3. The molecule has 3 atom stereocenters. The normalized spacial score (nSPS) is 25.3. The van der Waals surface area contributed by atoms with Crippen molar-refractivity contribution in [2.45, 2.75) is 52.5 Å². The van der Waals surface area contributed by atoms with Crippen LogP contribution in [0.3, 0.4) is 0 Å². The van der Waals surface area contributed by atoms with E-state index in [0.29, 0.717) is 33.0 Å². The van der Waals surface area contributed by atoms with Crippen molar-refractivity contribution in [1.29, 1.82) is 0 Å². The number of benzene rings is 2. The maximum Gasteiger partial charge on any atom is 0.339 e. The molecule has 0 aliphatic heterocycles. The second kappa shape index (κ2) is 8.44. The highest BCUT2D eigenvalue weighted by Crippen LogP contribution is 2.72. The number of nitrogens with one attached hydrogen (secondary N) is 1. The molecule has 2 saturated carbocycles. The van der Waals surface area contributed by atoms with Gasteiger partial charge in [0.25, 0.3) is 0 Å². The number of carboxylic acids is 1. The van der Waals surface area contributed by atoms with Gasteiger partial charge in [-0.1, -0.05) is 55.6 Å². The summed E-state index contributed by atoms with van der Waals surface area (Å²) in [5, 5.41) is 24.4. The third-order valence-corrected chi connectivity index (χ3v) is 9.21. The third-order valence-electron chi connectivity index (χ3n) is 8.41. The van der Waals surface area contributed by atoms with E-state index in [1.54, 1.807) is 6.07 Å². The van der Waals surface area contributed by atoms with Crippen LogP contribution in [0, 0.1) is 16.7 Å². The van der Waals surface area contributed by atoms with Gasteiger partial charge in [0.05, 0.1) is 22.8 Å². The lowest BCUT2D eigenvalue weighted by Crippen LogP contribution is -2.32. The molecule has 0 aromatic heterocycles. The minimum atomic E-state index is -1.09. The van der Waals surface area contributed by atoms with E-state index in [9.17, 15) is 15.0 Å². The fraction of sp³-hybridized carbons (Fsp3) is 0.480. The number of phenols is 1. The lowest BCUT2D eigenvalue weighted by molar-refractivity contribution is 0.0692. The van der Waals surface area contributed by atoms with Crippen LogP contribution in [0.2, 0.25) is 15.1 Å². The monoisotopic (exact) mass is 511 g/mol. The summed E-state index contributed by atoms with van der Waals surface area (Å²) in [6.07, 6.45) is 3.14. The van der Waals surface area contributed by atoms with Gasteiger partial charge < -0.3 is 20.3 Å². The standard InChI is InChI=1S/C25H28Cl3NO4/c1-24(2)13-5-6-25(24,3)16(8-13)19-20(17(27)10-15(23(31)32)22(19)33-4)29-11-12-7-14(26)9-18(28)21(12)30/h7,9-10,13,16,29-30H,5-6,8,11H2,1-4H3,(H,31,32). The Morgan fingerprint density at radius 3 is 2.42 bits per heavy atom. The second-order valence-corrected chi connectivity index (χ2v) is 11.2. The maximum atomic E-state index is 12.1. The summed E-state index contributed by atoms with van der Waals surface area (Å²) in [5.41, 5.74) is 2.01. The molecule has 0 radical (unpaired) electrons. The number of hydrogen-bond donors (Lipinski definition) is 3. The van der Waals surface area contributed by atoms with Crippen LogP contribution in [-0.2, 0) is 6.54 Å². The summed E-state index contributed by atoms with van der Waals surface area (Å²) in [6.45, 7) is 7.10. The fourth-order valence-electron chi connectivity index (χ4n) is 6.12. The summed E-state index contributed by atoms with van der Waals surface area (Å²) in [6, 6.07) is 4.53. The smallest absolute Gasteiger partial charge is 0.339 e. The van der Waals surface area contributed by atoms with Crippen molar-refractivity contribution in [1.82, 2.24) is 0 Å². The Hall–Kier alpha value is -1.82. The zero-order valence-corrected chi connectivity index (χ0v) is 21.3. The number of aromatic hydroxyl groups is 1. The highest BCUT2D eigenvalue weighted by atomic mass is 35.5. The van der Waals surface area contributed by atoms with E-state index in [4.69, 9.17) is 39.5 Å². The number of carboxylic acid groups (broad SMARTS) is 1. The number of fused-ring (bicyclic) bond motifs is 2. The van der Waals surface area contributed by atoms with Crippen LogP contribution in [0.1, 0.15) is 67.4 Å². The molecular formula is C25H28Cl3NO4. The first-order chi connectivity index (χ1) is 15.4. The van der Waals surface area contributed by atoms with Gasteiger partial charge in [-0.15, -0.1) is 0 Å². The van der Waals surface area contributed by atoms with Gasteiger partial charge in [-0.3, -0.25) is 0 Å². The van der Waals surface area contributed by atoms with Gasteiger partial charge in [-0.25, -0.2) is 4.79 Å². The number of ether oxygens (including phenoxy) is 1. The molecule has 2 aromatic carbocycles. The number of rotatable bonds is 6. The van der Waals surface area contributed by atoms with Crippen LogP contribution in [0.15, 0.2) is 18.2 Å². The molecule has 2 aromatic rings. The molecule has 0 heterocycles. The molecular weight excluding hydrogens is 485 g/mol. The average Bonchev–Trinajstić information content (AvgIpc) is 3.08. The molecule has 5 nitrogen and oxygen atoms in total. The van der Waals surface area contributed by atoms with Gasteiger partial charge in [0.2, 0.25) is 0 Å². The molecule has 33 heavy (non-hydrogen) atoms. The number of phenolic OH excluding ortho intramolecular Hbond substituents is 1. The van der Waals surface area contributed by atoms with E-state index in [2.05, 4.69) is 26.1 Å². The lowest BCUT2D eigenvalue weighted by atomic mass is 9.64. The number of anilines is 1. The maximum absolute atomic E-state index is 12.1. The Morgan fingerprint density at radius 1 is 1.18 bits per heavy atom. The summed E-state index contributed by atoms with van der Waals surface area (Å²) < 4.78 is 5.71. The summed E-state index contributed by atoms with van der Waals surface area (Å²) in [4.78, 5) is 12.1. The molecule has 4 rings (SSSR count). The molecule has 0 amide bonds. The zero-order valence-electron chi connectivity index (χ0n) is 19.1. The first kappa shape index (κ1) is 24.3. The van der Waals surface area contributed by atoms with Crippen LogP contribution >= 0.6 is 34.8 Å². The molecule has 2 bridgehead atoms. The Morgan fingerprint density at radius 2 is 1.88 bits per heavy atom. The van der Waals surface area contributed by atoms with Gasteiger partial charge in [-0.05, 0) is 60.1 Å². The molecule has 8 heteroatoms. The first-order valence-corrected chi connectivity index (χ1v) is 12.1. The summed E-state index contributed by atoms with van der Waals surface area (Å²) in [5.74, 6) is -0.218. The number of carbonyl (C=O) groups is 1. The second-order valence-electron chi connectivity index (χ2n) is 9.94. The van der Waals surface area contributed by atoms with E-state index >= 15 is 0 Å². The van der Waals surface area contributed by atoms with Crippen molar-refractivity contribution in [3.05, 3.63) is 50.0 Å². The largest absolute Gasteiger partial charge is 0.506 e. The van der Waals surface area contributed by atoms with E-state index in [0.717, 1.165) is 24.8 Å². The minimum Gasteiger partial charge on any atom is -0.506 e. The van der Waals surface area contributed by atoms with Gasteiger partial charge in [-0.2, -0.15) is 0 Å². The number of aromatic carboxylic acids is 1. The highest BCUT2D eigenvalue weighted by Gasteiger charge is 2.62. The Kier molecular flexibility index (Phi) is 6.22. The molecule has 2 aliphatic rings. The lowest BCUT2D eigenvalue weighted by Gasteiger charge is -2.41. The Balaban J connectivity index is 1.85. The molecule has 2 aliphatic carbocycles. The van der Waals surface area contributed by atoms with Crippen molar-refractivity contribution in [3.63, 3.8) is 0 Å². The average molecular weight is 513 g/mol. The molecule has 0 saturated heterocycles. The topological polar surface area (TPSA) is 78.8 Å². The molecule has 178 valence electrons. The fourth-order valence-corrected chi connectivity index (χ4v) is 6.93. The van der Waals surface area contributed by atoms with E-state index in [-0.39, 0.29) is 39.6 Å². The van der Waals surface area contributed by atoms with Gasteiger partial charge in [0.15, 0.2) is 0 Å². The highest BCUT2D eigenvalue weighted by molar-refractivity contribution is 6.35. The van der Waals surface area contributed by atoms with E-state index < -0.39 is 5.97 Å². The first-order valence-electron chi connectivity index (χ1n) is 11.0. The van der Waals surface area contributed by atoms with Crippen molar-refractivity contribution < 1.29 is 19.7 Å². The quantitative estimate of drug-likeness (QED) is 0.371. The van der Waals surface area contributed by atoms with Crippen molar-refractivity contribution >= 4 is 46.5 Å². The van der Waals surface area contributed by atoms with Gasteiger partial charge in [0.1, 0.15) is 17.1 Å². The molecule has 3 N–H and O–H groups in total. The van der Waals surface area contributed by atoms with Crippen LogP contribution in [0.5, 0.6) is 11.5 Å². The minimum absolute atomic E-state index is 0.0384. The zero-order chi connectivity index (χ0) is 24.3. The molecule has 0 spiro atoms. The number of methoxy groups -OCH3 is 1. The Labute approximate surface area is 209 Å². The van der Waals surface area contributed by atoms with Gasteiger partial charge >= 0.3 is 5.97 Å². The SMILES string of the molecule is COc1c(C(=O)O)cc(Cl)c(NCc2cc(Cl)cc(Cl)c2O)c1C1CC2CCC1(C)C2(C)C. The van der Waals surface area contributed by atoms with Crippen molar-refractivity contribution in [2.75, 3.05) is 12.4 Å². The molecule has 2 fully saturated rings. The number of hydrogen-bond acceptors (Lipinski definition) is 4. The van der Waals surface area contributed by atoms with Crippen molar-refractivity contribution in [3.8, 4) is 11.5 Å². The predicted molar refractivity (Wildman–Crippen MR) is 132 cm³/mol. The van der Waals surface area contributed by atoms with E-state index in [1.165, 1.54) is 19.2 Å². The third kappa shape index (κ3) is 3.73. The summed E-state index contributed by atoms with van der Waals surface area (Å²) in [7, 11) is 1.49. The van der Waals surface area contributed by atoms with Crippen molar-refractivity contribution in [2.24, 2.45) is 16.7 Å². The van der Waals surface area contributed by atoms with Crippen LogP contribution in [0.4, 0.5) is 5.69 Å². The molecule has 3 unspecified atom stereocenters. The Bertz CT molecular complexity index is 1130. The van der Waals surface area contributed by atoms with Crippen LogP contribution in [0.25, 0.3) is 0 Å². The van der Waals surface area contributed by atoms with Gasteiger partial charge in [0, 0.05) is 22.7 Å². The van der Waals surface area contributed by atoms with E-state index in [1.807, 2.05) is 0 Å². The summed E-state index contributed by atoms with van der Waals surface area (Å²) >= 11 is 18.9. The van der Waals surface area contributed by atoms with Crippen LogP contribution < -0.4 is 10.1 Å². The predicted octanol–water partition coefficient (Wildman–Crippen LogP) is 7.60.